The van der Waals surface area contributed by atoms with Gasteiger partial charge in [0, 0.05) is 37.8 Å². The highest BCUT2D eigenvalue weighted by molar-refractivity contribution is 5.81. The Bertz CT molecular complexity index is 464. The van der Waals surface area contributed by atoms with Crippen LogP contribution < -0.4 is 0 Å². The first-order valence-electron chi connectivity index (χ1n) is 8.52. The molecule has 0 unspecified atom stereocenters. The summed E-state index contributed by atoms with van der Waals surface area (Å²) in [6.45, 7) is 3.42. The molecule has 1 aromatic rings. The summed E-state index contributed by atoms with van der Waals surface area (Å²) >= 11 is 0. The standard InChI is InChI=1S/C17H27N3O2/c1-2-11-19(17(22)20-13-10-18-14-20)12-6-9-16(21)15-7-4-3-5-8-15/h10,13-15H,2-9,11-12H2,1H3. The lowest BCUT2D eigenvalue weighted by molar-refractivity contribution is -0.123. The van der Waals surface area contributed by atoms with Gasteiger partial charge in [-0.2, -0.15) is 0 Å². The quantitative estimate of drug-likeness (QED) is 0.775. The first-order valence-corrected chi connectivity index (χ1v) is 8.52. The lowest BCUT2D eigenvalue weighted by Crippen LogP contribution is -2.36. The van der Waals surface area contributed by atoms with Crippen molar-refractivity contribution in [2.24, 2.45) is 5.92 Å². The number of nitrogens with zero attached hydrogens (tertiary/aromatic N) is 3. The van der Waals surface area contributed by atoms with Crippen LogP contribution in [-0.2, 0) is 4.79 Å². The molecule has 2 rings (SSSR count). The Labute approximate surface area is 132 Å². The van der Waals surface area contributed by atoms with E-state index in [1.165, 1.54) is 30.2 Å². The lowest BCUT2D eigenvalue weighted by Gasteiger charge is -2.23. The number of rotatable bonds is 7. The van der Waals surface area contributed by atoms with Crippen LogP contribution in [0.25, 0.3) is 0 Å². The van der Waals surface area contributed by atoms with E-state index in [4.69, 9.17) is 0 Å². The molecule has 0 aliphatic heterocycles. The molecular weight excluding hydrogens is 278 g/mol. The topological polar surface area (TPSA) is 55.2 Å². The van der Waals surface area contributed by atoms with Crippen LogP contribution in [0.1, 0.15) is 58.3 Å². The van der Waals surface area contributed by atoms with Gasteiger partial charge < -0.3 is 4.90 Å². The largest absolute Gasteiger partial charge is 0.329 e. The molecule has 5 heteroatoms. The smallest absolute Gasteiger partial charge is 0.324 e. The van der Waals surface area contributed by atoms with Crippen molar-refractivity contribution < 1.29 is 9.59 Å². The zero-order chi connectivity index (χ0) is 15.8. The number of Topliss-reactive ketones (excluding diaryl/α,β-unsaturated/α-hetero) is 1. The SMILES string of the molecule is CCCN(CCCC(=O)C1CCCCC1)C(=O)n1ccnc1. The second kappa shape index (κ2) is 8.71. The third-order valence-corrected chi connectivity index (χ3v) is 4.40. The van der Waals surface area contributed by atoms with Crippen LogP contribution in [0.5, 0.6) is 0 Å². The first kappa shape index (κ1) is 16.7. The van der Waals surface area contributed by atoms with Gasteiger partial charge in [0.2, 0.25) is 0 Å². The van der Waals surface area contributed by atoms with E-state index < -0.39 is 0 Å². The van der Waals surface area contributed by atoms with Crippen LogP contribution in [0.2, 0.25) is 0 Å². The Morgan fingerprint density at radius 3 is 2.64 bits per heavy atom. The predicted molar refractivity (Wildman–Crippen MR) is 85.7 cm³/mol. The minimum atomic E-state index is -0.0514. The fourth-order valence-corrected chi connectivity index (χ4v) is 3.18. The van der Waals surface area contributed by atoms with Crippen LogP contribution >= 0.6 is 0 Å². The van der Waals surface area contributed by atoms with Gasteiger partial charge in [0.1, 0.15) is 12.1 Å². The van der Waals surface area contributed by atoms with E-state index in [9.17, 15) is 9.59 Å². The van der Waals surface area contributed by atoms with Crippen molar-refractivity contribution >= 4 is 11.8 Å². The number of carbonyl (C=O) groups excluding carboxylic acids is 2. The molecule has 1 aliphatic rings. The zero-order valence-corrected chi connectivity index (χ0v) is 13.5. The van der Waals surface area contributed by atoms with Crippen LogP contribution in [0.4, 0.5) is 4.79 Å². The van der Waals surface area contributed by atoms with Crippen LogP contribution in [0.15, 0.2) is 18.7 Å². The molecule has 0 spiro atoms. The molecule has 1 heterocycles. The van der Waals surface area contributed by atoms with E-state index in [-0.39, 0.29) is 11.9 Å². The average molecular weight is 305 g/mol. The van der Waals surface area contributed by atoms with Gasteiger partial charge in [-0.05, 0) is 25.7 Å². The Morgan fingerprint density at radius 2 is 2.00 bits per heavy atom. The molecule has 0 aromatic carbocycles. The fraction of sp³-hybridized carbons (Fsp3) is 0.706. The average Bonchev–Trinajstić information content (AvgIpc) is 3.08. The van der Waals surface area contributed by atoms with Crippen molar-refractivity contribution in [3.05, 3.63) is 18.7 Å². The third-order valence-electron chi connectivity index (χ3n) is 4.40. The van der Waals surface area contributed by atoms with E-state index >= 15 is 0 Å². The van der Waals surface area contributed by atoms with Gasteiger partial charge in [0.05, 0.1) is 0 Å². The van der Waals surface area contributed by atoms with Crippen molar-refractivity contribution in [1.82, 2.24) is 14.5 Å². The van der Waals surface area contributed by atoms with Gasteiger partial charge in [-0.25, -0.2) is 9.78 Å². The lowest BCUT2D eigenvalue weighted by atomic mass is 9.85. The number of imidazole rings is 1. The first-order chi connectivity index (χ1) is 10.7. The summed E-state index contributed by atoms with van der Waals surface area (Å²) in [5, 5.41) is 0. The van der Waals surface area contributed by atoms with Crippen molar-refractivity contribution in [3.63, 3.8) is 0 Å². The molecule has 1 aliphatic carbocycles. The molecule has 0 saturated heterocycles. The Morgan fingerprint density at radius 1 is 1.23 bits per heavy atom. The summed E-state index contributed by atoms with van der Waals surface area (Å²) in [4.78, 5) is 30.3. The minimum absolute atomic E-state index is 0.0514. The molecule has 0 bridgehead atoms. The summed E-state index contributed by atoms with van der Waals surface area (Å²) in [5.74, 6) is 0.670. The Balaban J connectivity index is 1.79. The van der Waals surface area contributed by atoms with Crippen molar-refractivity contribution in [1.29, 1.82) is 0 Å². The summed E-state index contributed by atoms with van der Waals surface area (Å²) in [6.07, 6.45) is 12.8. The fourth-order valence-electron chi connectivity index (χ4n) is 3.18. The van der Waals surface area contributed by atoms with E-state index in [0.717, 1.165) is 25.7 Å². The Kier molecular flexibility index (Phi) is 6.62. The number of carbonyl (C=O) groups is 2. The normalized spacial score (nSPS) is 15.7. The number of hydrogen-bond acceptors (Lipinski definition) is 3. The molecule has 0 radical (unpaired) electrons. The molecule has 1 fully saturated rings. The maximum absolute atomic E-state index is 12.3. The Hall–Kier alpha value is -1.65. The highest BCUT2D eigenvalue weighted by Crippen LogP contribution is 2.25. The predicted octanol–water partition coefficient (Wildman–Crippen LogP) is 3.49. The van der Waals surface area contributed by atoms with Crippen molar-refractivity contribution in [3.8, 4) is 0 Å². The van der Waals surface area contributed by atoms with Gasteiger partial charge in [-0.1, -0.05) is 26.2 Å². The number of amides is 1. The molecule has 122 valence electrons. The molecular formula is C17H27N3O2. The maximum atomic E-state index is 12.3. The van der Waals surface area contributed by atoms with Crippen LogP contribution in [-0.4, -0.2) is 39.4 Å². The zero-order valence-electron chi connectivity index (χ0n) is 13.5. The molecule has 5 nitrogen and oxygen atoms in total. The van der Waals surface area contributed by atoms with Crippen molar-refractivity contribution in [2.75, 3.05) is 13.1 Å². The second-order valence-corrected chi connectivity index (χ2v) is 6.14. The van der Waals surface area contributed by atoms with Gasteiger partial charge in [0.15, 0.2) is 0 Å². The molecule has 1 saturated carbocycles. The number of ketones is 1. The van der Waals surface area contributed by atoms with Gasteiger partial charge in [-0.3, -0.25) is 9.36 Å². The molecule has 1 amide bonds. The number of aromatic nitrogens is 2. The highest BCUT2D eigenvalue weighted by atomic mass is 16.2. The summed E-state index contributed by atoms with van der Waals surface area (Å²) in [6, 6.07) is -0.0514. The molecule has 0 atom stereocenters. The minimum Gasteiger partial charge on any atom is -0.324 e. The second-order valence-electron chi connectivity index (χ2n) is 6.14. The highest BCUT2D eigenvalue weighted by Gasteiger charge is 2.21. The third kappa shape index (κ3) is 4.68. The molecule has 22 heavy (non-hydrogen) atoms. The van der Waals surface area contributed by atoms with E-state index in [0.29, 0.717) is 25.3 Å². The van der Waals surface area contributed by atoms with Crippen LogP contribution in [0.3, 0.4) is 0 Å². The van der Waals surface area contributed by atoms with Gasteiger partial charge in [0.25, 0.3) is 0 Å². The summed E-state index contributed by atoms with van der Waals surface area (Å²) in [5.41, 5.74) is 0. The molecule has 0 N–H and O–H groups in total. The van der Waals surface area contributed by atoms with Gasteiger partial charge >= 0.3 is 6.03 Å². The van der Waals surface area contributed by atoms with Gasteiger partial charge in [-0.15, -0.1) is 0 Å². The maximum Gasteiger partial charge on any atom is 0.329 e. The van der Waals surface area contributed by atoms with E-state index in [1.54, 1.807) is 12.4 Å². The van der Waals surface area contributed by atoms with E-state index in [1.807, 2.05) is 4.90 Å². The monoisotopic (exact) mass is 305 g/mol. The van der Waals surface area contributed by atoms with E-state index in [2.05, 4.69) is 11.9 Å². The number of hydrogen-bond donors (Lipinski definition) is 0. The summed E-state index contributed by atoms with van der Waals surface area (Å²) < 4.78 is 1.50. The van der Waals surface area contributed by atoms with Crippen molar-refractivity contribution in [2.45, 2.75) is 58.3 Å². The summed E-state index contributed by atoms with van der Waals surface area (Å²) in [7, 11) is 0. The molecule has 1 aromatic heterocycles. The van der Waals surface area contributed by atoms with Crippen LogP contribution in [0, 0.1) is 5.92 Å².